The Morgan fingerprint density at radius 2 is 2.43 bits per heavy atom. The van der Waals surface area contributed by atoms with E-state index in [4.69, 9.17) is 4.74 Å². The molecule has 14 heavy (non-hydrogen) atoms. The third-order valence-corrected chi connectivity index (χ3v) is 2.76. The molecule has 0 aromatic carbocycles. The zero-order chi connectivity index (χ0) is 10.2. The van der Waals surface area contributed by atoms with Crippen molar-refractivity contribution in [3.05, 3.63) is 28.0 Å². The van der Waals surface area contributed by atoms with Gasteiger partial charge in [0.15, 0.2) is 0 Å². The molecule has 0 bridgehead atoms. The van der Waals surface area contributed by atoms with Crippen molar-refractivity contribution >= 4 is 17.4 Å². The summed E-state index contributed by atoms with van der Waals surface area (Å²) in [6.07, 6.45) is 5.42. The largest absolute Gasteiger partial charge is 0.379 e. The van der Waals surface area contributed by atoms with Gasteiger partial charge in [0, 0.05) is 12.0 Å². The summed E-state index contributed by atoms with van der Waals surface area (Å²) in [7, 11) is 3.69. The molecule has 0 saturated heterocycles. The number of thiophene rings is 1. The van der Waals surface area contributed by atoms with E-state index in [0.29, 0.717) is 0 Å². The second kappa shape index (κ2) is 6.76. The molecule has 0 unspecified atom stereocenters. The summed E-state index contributed by atoms with van der Waals surface area (Å²) in [6.45, 7) is 1.75. The van der Waals surface area contributed by atoms with E-state index in [1.807, 2.05) is 7.05 Å². The van der Waals surface area contributed by atoms with Crippen LogP contribution in [0.2, 0.25) is 0 Å². The van der Waals surface area contributed by atoms with Gasteiger partial charge in [-0.05, 0) is 37.0 Å². The molecule has 0 aliphatic carbocycles. The number of hydrogen-bond acceptors (Lipinski definition) is 3. The minimum absolute atomic E-state index is 0.717. The van der Waals surface area contributed by atoms with E-state index in [9.17, 15) is 0 Å². The maximum atomic E-state index is 5.06. The second-order valence-corrected chi connectivity index (χ2v) is 4.07. The predicted molar refractivity (Wildman–Crippen MR) is 62.6 cm³/mol. The maximum Gasteiger partial charge on any atom is 0.0805 e. The fourth-order valence-corrected chi connectivity index (χ4v) is 1.97. The zero-order valence-corrected chi connectivity index (χ0v) is 9.56. The highest BCUT2D eigenvalue weighted by Gasteiger charge is 1.95. The van der Waals surface area contributed by atoms with Crippen molar-refractivity contribution in [2.75, 3.05) is 20.7 Å². The zero-order valence-electron chi connectivity index (χ0n) is 8.75. The first-order chi connectivity index (χ1) is 6.86. The molecule has 1 aromatic rings. The second-order valence-electron chi connectivity index (χ2n) is 3.07. The van der Waals surface area contributed by atoms with Gasteiger partial charge in [-0.3, -0.25) is 0 Å². The first kappa shape index (κ1) is 11.4. The Kier molecular flexibility index (Phi) is 5.52. The fraction of sp³-hybridized carbons (Fsp3) is 0.455. The van der Waals surface area contributed by atoms with E-state index in [-0.39, 0.29) is 0 Å². The van der Waals surface area contributed by atoms with Crippen molar-refractivity contribution in [2.24, 2.45) is 0 Å². The highest BCUT2D eigenvalue weighted by atomic mass is 32.1. The van der Waals surface area contributed by atoms with Crippen molar-refractivity contribution < 1.29 is 4.74 Å². The smallest absolute Gasteiger partial charge is 0.0805 e. The highest BCUT2D eigenvalue weighted by Crippen LogP contribution is 2.16. The Balaban J connectivity index is 2.38. The lowest BCUT2D eigenvalue weighted by Crippen LogP contribution is -2.05. The minimum Gasteiger partial charge on any atom is -0.379 e. The van der Waals surface area contributed by atoms with Gasteiger partial charge in [0.2, 0.25) is 0 Å². The van der Waals surface area contributed by atoms with Crippen LogP contribution in [0.1, 0.15) is 16.9 Å². The van der Waals surface area contributed by atoms with Gasteiger partial charge in [0.25, 0.3) is 0 Å². The van der Waals surface area contributed by atoms with Gasteiger partial charge >= 0.3 is 0 Å². The molecule has 0 fully saturated rings. The summed E-state index contributed by atoms with van der Waals surface area (Å²) in [5.74, 6) is 0. The molecule has 0 aliphatic heterocycles. The van der Waals surface area contributed by atoms with Gasteiger partial charge < -0.3 is 10.1 Å². The number of rotatable bonds is 6. The van der Waals surface area contributed by atoms with Crippen LogP contribution in [0.25, 0.3) is 6.08 Å². The molecule has 0 saturated carbocycles. The lowest BCUT2D eigenvalue weighted by atomic mass is 10.2. The number of ether oxygens (including phenoxy) is 1. The van der Waals surface area contributed by atoms with Crippen LogP contribution < -0.4 is 5.32 Å². The van der Waals surface area contributed by atoms with Gasteiger partial charge in [-0.1, -0.05) is 12.2 Å². The molecule has 78 valence electrons. The monoisotopic (exact) mass is 211 g/mol. The molecular formula is C11H17NOS. The van der Waals surface area contributed by atoms with Crippen molar-refractivity contribution in [2.45, 2.75) is 13.0 Å². The van der Waals surface area contributed by atoms with Crippen LogP contribution in [0.5, 0.6) is 0 Å². The quantitative estimate of drug-likeness (QED) is 0.730. The van der Waals surface area contributed by atoms with E-state index < -0.39 is 0 Å². The van der Waals surface area contributed by atoms with Crippen molar-refractivity contribution in [3.63, 3.8) is 0 Å². The van der Waals surface area contributed by atoms with Crippen LogP contribution in [0, 0.1) is 0 Å². The van der Waals surface area contributed by atoms with Crippen LogP contribution in [0.3, 0.4) is 0 Å². The molecule has 0 radical (unpaired) electrons. The standard InChI is InChI=1S/C11H17NOS/c1-12-6-4-3-5-10-7-11(8-13-2)14-9-10/h3,5,7,9,12H,4,6,8H2,1-2H3. The molecule has 3 heteroatoms. The molecule has 1 heterocycles. The van der Waals surface area contributed by atoms with Crippen molar-refractivity contribution in [3.8, 4) is 0 Å². The summed E-state index contributed by atoms with van der Waals surface area (Å²) in [5.41, 5.74) is 1.28. The van der Waals surface area contributed by atoms with Gasteiger partial charge in [0.05, 0.1) is 6.61 Å². The number of hydrogen-bond donors (Lipinski definition) is 1. The molecule has 1 aromatic heterocycles. The molecule has 1 rings (SSSR count). The van der Waals surface area contributed by atoms with Crippen molar-refractivity contribution in [1.29, 1.82) is 0 Å². The van der Waals surface area contributed by atoms with Crippen LogP contribution >= 0.6 is 11.3 Å². The van der Waals surface area contributed by atoms with Gasteiger partial charge in [-0.2, -0.15) is 0 Å². The number of methoxy groups -OCH3 is 1. The third-order valence-electron chi connectivity index (χ3n) is 1.83. The minimum atomic E-state index is 0.717. The molecular weight excluding hydrogens is 194 g/mol. The SMILES string of the molecule is CNCCC=Cc1csc(COC)c1. The highest BCUT2D eigenvalue weighted by molar-refractivity contribution is 7.10. The summed E-state index contributed by atoms with van der Waals surface area (Å²) in [6, 6.07) is 2.17. The average Bonchev–Trinajstić information content (AvgIpc) is 2.61. The molecule has 0 amide bonds. The summed E-state index contributed by atoms with van der Waals surface area (Å²) in [4.78, 5) is 1.28. The summed E-state index contributed by atoms with van der Waals surface area (Å²) in [5, 5.41) is 5.27. The first-order valence-electron chi connectivity index (χ1n) is 4.74. The normalized spacial score (nSPS) is 11.3. The Hall–Kier alpha value is -0.640. The number of nitrogens with one attached hydrogen (secondary N) is 1. The average molecular weight is 211 g/mol. The van der Waals surface area contributed by atoms with E-state index in [1.54, 1.807) is 18.4 Å². The van der Waals surface area contributed by atoms with E-state index in [2.05, 4.69) is 28.9 Å². The summed E-state index contributed by atoms with van der Waals surface area (Å²) >= 11 is 1.75. The van der Waals surface area contributed by atoms with Crippen LogP contribution in [-0.2, 0) is 11.3 Å². The summed E-state index contributed by atoms with van der Waals surface area (Å²) < 4.78 is 5.06. The molecule has 0 aliphatic rings. The van der Waals surface area contributed by atoms with E-state index in [1.165, 1.54) is 10.4 Å². The molecule has 0 spiro atoms. The van der Waals surface area contributed by atoms with E-state index in [0.717, 1.165) is 19.6 Å². The Morgan fingerprint density at radius 1 is 1.57 bits per heavy atom. The van der Waals surface area contributed by atoms with E-state index >= 15 is 0 Å². The third kappa shape index (κ3) is 4.05. The van der Waals surface area contributed by atoms with Crippen LogP contribution in [-0.4, -0.2) is 20.7 Å². The Bertz CT molecular complexity index is 281. The van der Waals surface area contributed by atoms with Crippen LogP contribution in [0.4, 0.5) is 0 Å². The lowest BCUT2D eigenvalue weighted by molar-refractivity contribution is 0.187. The topological polar surface area (TPSA) is 21.3 Å². The van der Waals surface area contributed by atoms with Gasteiger partial charge in [0.1, 0.15) is 0 Å². The lowest BCUT2D eigenvalue weighted by Gasteiger charge is -1.91. The fourth-order valence-electron chi connectivity index (χ4n) is 1.15. The predicted octanol–water partition coefficient (Wildman–Crippen LogP) is 2.52. The van der Waals surface area contributed by atoms with Crippen LogP contribution in [0.15, 0.2) is 17.5 Å². The van der Waals surface area contributed by atoms with Gasteiger partial charge in [-0.15, -0.1) is 11.3 Å². The van der Waals surface area contributed by atoms with Crippen molar-refractivity contribution in [1.82, 2.24) is 5.32 Å². The Morgan fingerprint density at radius 3 is 3.14 bits per heavy atom. The first-order valence-corrected chi connectivity index (χ1v) is 5.62. The molecule has 2 nitrogen and oxygen atoms in total. The van der Waals surface area contributed by atoms with Gasteiger partial charge in [-0.25, -0.2) is 0 Å². The Labute approximate surface area is 89.6 Å². The molecule has 0 atom stereocenters. The molecule has 1 N–H and O–H groups in total. The maximum absolute atomic E-state index is 5.06.